The molecule has 0 aliphatic rings. The van der Waals surface area contributed by atoms with Crippen molar-refractivity contribution in [3.05, 3.63) is 52.2 Å². The van der Waals surface area contributed by atoms with E-state index in [1.54, 1.807) is 24.4 Å². The van der Waals surface area contributed by atoms with Crippen molar-refractivity contribution in [2.24, 2.45) is 0 Å². The van der Waals surface area contributed by atoms with Gasteiger partial charge in [0, 0.05) is 49.9 Å². The summed E-state index contributed by atoms with van der Waals surface area (Å²) in [5.74, 6) is 0.612. The van der Waals surface area contributed by atoms with E-state index >= 15 is 0 Å². The summed E-state index contributed by atoms with van der Waals surface area (Å²) in [5, 5.41) is 0.0857. The third kappa shape index (κ3) is 7.71. The third-order valence-electron chi connectivity index (χ3n) is 5.27. The number of nitrogens with zero attached hydrogens (tertiary/aromatic N) is 3. The topological polar surface area (TPSA) is 62.7 Å². The van der Waals surface area contributed by atoms with E-state index in [4.69, 9.17) is 16.3 Å². The van der Waals surface area contributed by atoms with Crippen LogP contribution >= 0.6 is 11.6 Å². The number of rotatable bonds is 12. The minimum atomic E-state index is -4.45. The number of halogens is 4. The molecule has 1 aromatic heterocycles. The molecule has 0 aliphatic heterocycles. The lowest BCUT2D eigenvalue weighted by atomic mass is 10.0. The highest BCUT2D eigenvalue weighted by molar-refractivity contribution is 6.32. The molecular weight excluding hydrogens is 459 g/mol. The van der Waals surface area contributed by atoms with Gasteiger partial charge < -0.3 is 14.4 Å². The van der Waals surface area contributed by atoms with Crippen molar-refractivity contribution in [1.29, 1.82) is 0 Å². The van der Waals surface area contributed by atoms with E-state index in [-0.39, 0.29) is 16.8 Å². The van der Waals surface area contributed by atoms with E-state index < -0.39 is 12.8 Å². The first-order chi connectivity index (χ1) is 15.6. The summed E-state index contributed by atoms with van der Waals surface area (Å²) in [6.45, 7) is 1.50. The summed E-state index contributed by atoms with van der Waals surface area (Å²) in [6, 6.07) is 6.13. The fourth-order valence-electron chi connectivity index (χ4n) is 3.31. The van der Waals surface area contributed by atoms with Crippen LogP contribution in [0.2, 0.25) is 5.02 Å². The number of alkyl halides is 3. The number of unbranched alkanes of at least 4 members (excludes halogenated alkanes) is 1. The van der Waals surface area contributed by atoms with E-state index in [1.807, 2.05) is 30.8 Å². The van der Waals surface area contributed by atoms with Gasteiger partial charge in [-0.05, 0) is 44.2 Å². The van der Waals surface area contributed by atoms with E-state index in [9.17, 15) is 22.8 Å². The van der Waals surface area contributed by atoms with Gasteiger partial charge in [0.05, 0.1) is 5.02 Å². The number of hydrogen-bond donors (Lipinski definition) is 0. The van der Waals surface area contributed by atoms with Crippen molar-refractivity contribution in [2.45, 2.75) is 38.5 Å². The molecule has 0 fully saturated rings. The molecule has 0 saturated heterocycles. The second kappa shape index (κ2) is 12.0. The number of benzene rings is 1. The first kappa shape index (κ1) is 26.6. The normalized spacial score (nSPS) is 12.5. The number of carbonyl (C=O) groups excluding carboxylic acids is 2. The van der Waals surface area contributed by atoms with Crippen molar-refractivity contribution >= 4 is 30.0 Å². The monoisotopic (exact) mass is 485 g/mol. The summed E-state index contributed by atoms with van der Waals surface area (Å²) < 4.78 is 42.0. The summed E-state index contributed by atoms with van der Waals surface area (Å²) in [5.41, 5.74) is 2.03. The highest BCUT2D eigenvalue weighted by Gasteiger charge is 2.29. The van der Waals surface area contributed by atoms with Crippen molar-refractivity contribution in [2.75, 3.05) is 32.1 Å². The Balaban J connectivity index is 2.20. The summed E-state index contributed by atoms with van der Waals surface area (Å²) in [7, 11) is 3.72. The minimum Gasteiger partial charge on any atom is -0.483 e. The Hall–Kier alpha value is -2.65. The van der Waals surface area contributed by atoms with Gasteiger partial charge in [-0.25, -0.2) is 4.98 Å². The fraction of sp³-hybridized carbons (Fsp3) is 0.435. The summed E-state index contributed by atoms with van der Waals surface area (Å²) >= 11 is 6.14. The number of aldehydes is 2. The highest BCUT2D eigenvalue weighted by Crippen LogP contribution is 2.32. The molecule has 0 bridgehead atoms. The van der Waals surface area contributed by atoms with Gasteiger partial charge in [0.2, 0.25) is 0 Å². The third-order valence-corrected chi connectivity index (χ3v) is 5.57. The summed E-state index contributed by atoms with van der Waals surface area (Å²) in [4.78, 5) is 30.6. The SMILES string of the molecule is CC(c1ccc(OCC(F)(F)F)c(Cl)c1)N(C)Cc1c(C=O)ccnc1N(C)CCCC=O. The van der Waals surface area contributed by atoms with Crippen molar-refractivity contribution < 1.29 is 27.5 Å². The van der Waals surface area contributed by atoms with Crippen LogP contribution < -0.4 is 9.64 Å². The van der Waals surface area contributed by atoms with Crippen LogP contribution in [-0.2, 0) is 11.3 Å². The molecule has 180 valence electrons. The predicted molar refractivity (Wildman–Crippen MR) is 121 cm³/mol. The van der Waals surface area contributed by atoms with Gasteiger partial charge in [-0.1, -0.05) is 17.7 Å². The van der Waals surface area contributed by atoms with E-state index in [1.165, 1.54) is 6.07 Å². The molecule has 0 amide bonds. The minimum absolute atomic E-state index is 0.0395. The number of pyridine rings is 1. The maximum Gasteiger partial charge on any atom is 0.422 e. The van der Waals surface area contributed by atoms with Gasteiger partial charge in [-0.3, -0.25) is 9.69 Å². The Morgan fingerprint density at radius 2 is 1.94 bits per heavy atom. The maximum atomic E-state index is 12.4. The average molecular weight is 486 g/mol. The van der Waals surface area contributed by atoms with Gasteiger partial charge in [0.25, 0.3) is 0 Å². The first-order valence-electron chi connectivity index (χ1n) is 10.3. The molecule has 0 aliphatic carbocycles. The predicted octanol–water partition coefficient (Wildman–Crippen LogP) is 5.10. The molecule has 33 heavy (non-hydrogen) atoms. The lowest BCUT2D eigenvalue weighted by Crippen LogP contribution is -2.27. The molecule has 2 rings (SSSR count). The van der Waals surface area contributed by atoms with Crippen molar-refractivity contribution in [3.8, 4) is 5.75 Å². The van der Waals surface area contributed by atoms with E-state index in [0.29, 0.717) is 37.3 Å². The number of hydrogen-bond acceptors (Lipinski definition) is 6. The van der Waals surface area contributed by atoms with E-state index in [0.717, 1.165) is 23.7 Å². The average Bonchev–Trinajstić information content (AvgIpc) is 2.77. The van der Waals surface area contributed by atoms with E-state index in [2.05, 4.69) is 4.98 Å². The molecule has 2 aromatic rings. The number of ether oxygens (including phenoxy) is 1. The molecule has 0 N–H and O–H groups in total. The Kier molecular flexibility index (Phi) is 9.67. The van der Waals surface area contributed by atoms with Gasteiger partial charge >= 0.3 is 6.18 Å². The lowest BCUT2D eigenvalue weighted by Gasteiger charge is -2.29. The quantitative estimate of drug-likeness (QED) is 0.308. The lowest BCUT2D eigenvalue weighted by molar-refractivity contribution is -0.153. The highest BCUT2D eigenvalue weighted by atomic mass is 35.5. The zero-order valence-electron chi connectivity index (χ0n) is 18.7. The van der Waals surface area contributed by atoms with Gasteiger partial charge in [0.15, 0.2) is 12.9 Å². The molecule has 1 unspecified atom stereocenters. The largest absolute Gasteiger partial charge is 0.483 e. The van der Waals surface area contributed by atoms with Crippen LogP contribution in [0.25, 0.3) is 0 Å². The van der Waals surface area contributed by atoms with Crippen LogP contribution in [-0.4, -0.2) is 55.9 Å². The molecule has 1 heterocycles. The Labute approximate surface area is 196 Å². The summed E-state index contributed by atoms with van der Waals surface area (Å²) in [6.07, 6.45) is -0.130. The molecule has 6 nitrogen and oxygen atoms in total. The zero-order chi connectivity index (χ0) is 24.6. The van der Waals surface area contributed by atoms with Gasteiger partial charge in [-0.2, -0.15) is 13.2 Å². The number of aromatic nitrogens is 1. The van der Waals surface area contributed by atoms with Crippen LogP contribution in [0.5, 0.6) is 5.75 Å². The molecule has 0 saturated carbocycles. The van der Waals surface area contributed by atoms with Crippen molar-refractivity contribution in [1.82, 2.24) is 9.88 Å². The maximum absolute atomic E-state index is 12.4. The van der Waals surface area contributed by atoms with Crippen LogP contribution in [0.3, 0.4) is 0 Å². The zero-order valence-corrected chi connectivity index (χ0v) is 19.5. The Morgan fingerprint density at radius 3 is 2.55 bits per heavy atom. The van der Waals surface area contributed by atoms with Crippen LogP contribution in [0, 0.1) is 0 Å². The molecule has 0 radical (unpaired) electrons. The molecular formula is C23H27ClF3N3O3. The first-order valence-corrected chi connectivity index (χ1v) is 10.7. The molecule has 1 atom stereocenters. The van der Waals surface area contributed by atoms with Gasteiger partial charge in [0.1, 0.15) is 17.9 Å². The van der Waals surface area contributed by atoms with Gasteiger partial charge in [-0.15, -0.1) is 0 Å². The number of carbonyl (C=O) groups is 2. The standard InChI is InChI=1S/C23H27ClF3N3O3/c1-16(17-6-7-21(20(24)12-17)33-15-23(25,26)27)30(3)13-19-18(14-32)8-9-28-22(19)29(2)10-4-5-11-31/h6-9,11-12,14,16H,4-5,10,13,15H2,1-3H3. The Morgan fingerprint density at radius 1 is 1.21 bits per heavy atom. The fourth-order valence-corrected chi connectivity index (χ4v) is 3.55. The number of anilines is 1. The Bertz CT molecular complexity index is 956. The second-order valence-corrected chi connectivity index (χ2v) is 8.14. The molecule has 0 spiro atoms. The molecule has 1 aromatic carbocycles. The van der Waals surface area contributed by atoms with Crippen LogP contribution in [0.4, 0.5) is 19.0 Å². The van der Waals surface area contributed by atoms with Crippen LogP contribution in [0.15, 0.2) is 30.5 Å². The smallest absolute Gasteiger partial charge is 0.422 e. The van der Waals surface area contributed by atoms with Crippen LogP contribution in [0.1, 0.15) is 47.3 Å². The second-order valence-electron chi connectivity index (χ2n) is 7.74. The van der Waals surface area contributed by atoms with Crippen molar-refractivity contribution in [3.63, 3.8) is 0 Å². The molecule has 10 heteroatoms.